The van der Waals surface area contributed by atoms with Gasteiger partial charge in [-0.15, -0.1) is 0 Å². The van der Waals surface area contributed by atoms with Gasteiger partial charge in [0.1, 0.15) is 17.3 Å². The number of amides is 3. The quantitative estimate of drug-likeness (QED) is 0.430. The predicted molar refractivity (Wildman–Crippen MR) is 150 cm³/mol. The van der Waals surface area contributed by atoms with Crippen LogP contribution in [0.15, 0.2) is 30.3 Å². The number of hydrazine groups is 1. The van der Waals surface area contributed by atoms with Crippen LogP contribution in [0.25, 0.3) is 10.9 Å². The number of ether oxygens (including phenoxy) is 1. The van der Waals surface area contributed by atoms with Crippen LogP contribution < -0.4 is 16.2 Å². The Hall–Kier alpha value is -3.16. The Morgan fingerprint density at radius 3 is 2.23 bits per heavy atom. The summed E-state index contributed by atoms with van der Waals surface area (Å²) in [6.45, 7) is 9.09. The third-order valence-electron chi connectivity index (χ3n) is 9.03. The number of alkyl carbamates (subject to hydrolysis) is 1. The fraction of sp³-hybridized carbons (Fsp3) is 0.613. The van der Waals surface area contributed by atoms with Crippen molar-refractivity contribution in [1.82, 2.24) is 21.2 Å². The van der Waals surface area contributed by atoms with Gasteiger partial charge in [0.15, 0.2) is 0 Å². The average Bonchev–Trinajstić information content (AvgIpc) is 2.87. The number of nitrogens with zero attached hydrogens (tertiary/aromatic N) is 1. The molecular weight excluding hydrogens is 492 g/mol. The fourth-order valence-electron chi connectivity index (χ4n) is 7.57. The lowest BCUT2D eigenvalue weighted by atomic mass is 9.48. The first-order chi connectivity index (χ1) is 18.5. The second-order valence-corrected chi connectivity index (χ2v) is 13.2. The molecular formula is C31H42N4O4. The highest BCUT2D eigenvalue weighted by molar-refractivity contribution is 5.97. The molecule has 8 nitrogen and oxygen atoms in total. The molecule has 0 radical (unpaired) electrons. The highest BCUT2D eigenvalue weighted by Gasteiger charge is 2.52. The van der Waals surface area contributed by atoms with Crippen molar-refractivity contribution in [3.63, 3.8) is 0 Å². The predicted octanol–water partition coefficient (Wildman–Crippen LogP) is 5.40. The smallest absolute Gasteiger partial charge is 0.408 e. The highest BCUT2D eigenvalue weighted by Crippen LogP contribution is 2.61. The van der Waals surface area contributed by atoms with Crippen molar-refractivity contribution in [1.29, 1.82) is 0 Å². The van der Waals surface area contributed by atoms with Crippen LogP contribution in [-0.4, -0.2) is 34.5 Å². The van der Waals surface area contributed by atoms with Gasteiger partial charge in [-0.3, -0.25) is 20.4 Å². The Labute approximate surface area is 231 Å². The Bertz CT molecular complexity index is 1230. The summed E-state index contributed by atoms with van der Waals surface area (Å²) in [5, 5.41) is 3.78. The summed E-state index contributed by atoms with van der Waals surface area (Å²) in [4.78, 5) is 43.5. The zero-order valence-electron chi connectivity index (χ0n) is 23.8. The Morgan fingerprint density at radius 2 is 1.64 bits per heavy atom. The van der Waals surface area contributed by atoms with Crippen molar-refractivity contribution in [2.24, 2.45) is 23.7 Å². The molecule has 8 heteroatoms. The molecule has 210 valence electrons. The number of carbonyl (C=O) groups is 3. The van der Waals surface area contributed by atoms with Crippen LogP contribution >= 0.6 is 0 Å². The zero-order chi connectivity index (χ0) is 27.9. The monoisotopic (exact) mass is 534 g/mol. The van der Waals surface area contributed by atoms with E-state index >= 15 is 0 Å². The van der Waals surface area contributed by atoms with E-state index in [9.17, 15) is 14.4 Å². The first kappa shape index (κ1) is 27.4. The van der Waals surface area contributed by atoms with Crippen LogP contribution in [-0.2, 0) is 14.9 Å². The molecule has 1 heterocycles. The summed E-state index contributed by atoms with van der Waals surface area (Å²) < 4.78 is 5.34. The number of rotatable bonds is 6. The molecule has 0 aliphatic heterocycles. The molecule has 4 bridgehead atoms. The molecule has 4 fully saturated rings. The Balaban J connectivity index is 1.35. The van der Waals surface area contributed by atoms with E-state index in [4.69, 9.17) is 4.74 Å². The fourth-order valence-corrected chi connectivity index (χ4v) is 7.57. The number of carbonyl (C=O) groups excluding carboxylic acids is 3. The third kappa shape index (κ3) is 5.75. The number of hydrogen-bond acceptors (Lipinski definition) is 5. The van der Waals surface area contributed by atoms with Crippen LogP contribution in [0.4, 0.5) is 4.79 Å². The molecule has 6 rings (SSSR count). The minimum absolute atomic E-state index is 0.0918. The van der Waals surface area contributed by atoms with Gasteiger partial charge < -0.3 is 10.1 Å². The maximum atomic E-state index is 13.3. The first-order valence-corrected chi connectivity index (χ1v) is 14.5. The van der Waals surface area contributed by atoms with Gasteiger partial charge in [0, 0.05) is 5.39 Å². The van der Waals surface area contributed by atoms with E-state index < -0.39 is 29.6 Å². The van der Waals surface area contributed by atoms with Crippen molar-refractivity contribution in [3.8, 4) is 0 Å². The molecule has 3 amide bonds. The summed E-state index contributed by atoms with van der Waals surface area (Å²) >= 11 is 0. The number of pyridine rings is 1. The second-order valence-electron chi connectivity index (χ2n) is 13.2. The van der Waals surface area contributed by atoms with Crippen LogP contribution in [0.1, 0.15) is 95.6 Å². The molecule has 39 heavy (non-hydrogen) atoms. The molecule has 2 atom stereocenters. The van der Waals surface area contributed by atoms with Crippen LogP contribution in [0.5, 0.6) is 0 Å². The van der Waals surface area contributed by atoms with E-state index in [1.807, 2.05) is 38.1 Å². The van der Waals surface area contributed by atoms with Gasteiger partial charge in [0.2, 0.25) is 0 Å². The SMILES string of the molecule is CC[C@H](C)C(NC(=O)OC(C)(C)C)C(=O)NNC(=O)c1cc(C23CC4CC(CC(C4)C2)C3)c2ccccc2n1. The average molecular weight is 535 g/mol. The van der Waals surface area contributed by atoms with E-state index in [1.54, 1.807) is 20.8 Å². The molecule has 4 saturated carbocycles. The second kappa shape index (κ2) is 10.4. The summed E-state index contributed by atoms with van der Waals surface area (Å²) in [5.41, 5.74) is 6.79. The molecule has 4 aliphatic rings. The van der Waals surface area contributed by atoms with Gasteiger partial charge in [-0.25, -0.2) is 9.78 Å². The largest absolute Gasteiger partial charge is 0.444 e. The number of hydrogen-bond donors (Lipinski definition) is 3. The lowest BCUT2D eigenvalue weighted by molar-refractivity contribution is -0.125. The standard InChI is InChI=1S/C31H42N4O4/c1-6-18(2)26(33-29(38)39-30(3,4)5)28(37)35-34-27(36)25-14-23(22-9-7-8-10-24(22)32-25)31-15-19-11-20(16-31)13-21(12-19)17-31/h7-10,14,18-21,26H,6,11-13,15-17H2,1-5H3,(H,33,38)(H,34,36)(H,35,37)/t18-,19?,20?,21?,26?,31?/m0/s1. The molecule has 3 N–H and O–H groups in total. The van der Waals surface area contributed by atoms with Crippen LogP contribution in [0.2, 0.25) is 0 Å². The van der Waals surface area contributed by atoms with Gasteiger partial charge >= 0.3 is 6.09 Å². The number of fused-ring (bicyclic) bond motifs is 1. The van der Waals surface area contributed by atoms with Crippen molar-refractivity contribution >= 4 is 28.8 Å². The number of nitrogens with one attached hydrogen (secondary N) is 3. The highest BCUT2D eigenvalue weighted by atomic mass is 16.6. The van der Waals surface area contributed by atoms with E-state index in [2.05, 4.69) is 27.2 Å². The maximum absolute atomic E-state index is 13.3. The zero-order valence-corrected chi connectivity index (χ0v) is 23.8. The molecule has 0 spiro atoms. The van der Waals surface area contributed by atoms with Gasteiger partial charge in [0.25, 0.3) is 11.8 Å². The summed E-state index contributed by atoms with van der Waals surface area (Å²) in [5.74, 6) is 1.17. The first-order valence-electron chi connectivity index (χ1n) is 14.5. The van der Waals surface area contributed by atoms with Crippen molar-refractivity contribution < 1.29 is 19.1 Å². The van der Waals surface area contributed by atoms with Gasteiger partial charge in [-0.2, -0.15) is 0 Å². The van der Waals surface area contributed by atoms with Crippen molar-refractivity contribution in [2.45, 2.75) is 96.6 Å². The third-order valence-corrected chi connectivity index (χ3v) is 9.03. The Kier molecular flexibility index (Phi) is 7.33. The lowest BCUT2D eigenvalue weighted by Gasteiger charge is -2.57. The topological polar surface area (TPSA) is 109 Å². The van der Waals surface area contributed by atoms with Gasteiger partial charge in [-0.05, 0) is 106 Å². The normalized spacial score (nSPS) is 27.1. The molecule has 1 aromatic carbocycles. The minimum atomic E-state index is -0.864. The summed E-state index contributed by atoms with van der Waals surface area (Å²) in [6, 6.07) is 9.17. The minimum Gasteiger partial charge on any atom is -0.444 e. The van der Waals surface area contributed by atoms with Gasteiger partial charge in [-0.1, -0.05) is 38.5 Å². The van der Waals surface area contributed by atoms with Crippen LogP contribution in [0.3, 0.4) is 0 Å². The molecule has 2 aromatic rings. The molecule has 4 aliphatic carbocycles. The number of aromatic nitrogens is 1. The number of para-hydroxylation sites is 1. The van der Waals surface area contributed by atoms with E-state index in [0.29, 0.717) is 12.1 Å². The number of benzene rings is 1. The Morgan fingerprint density at radius 1 is 1.03 bits per heavy atom. The summed E-state index contributed by atoms with van der Waals surface area (Å²) in [7, 11) is 0. The molecule has 1 aromatic heterocycles. The molecule has 1 unspecified atom stereocenters. The van der Waals surface area contributed by atoms with E-state index in [1.165, 1.54) is 44.1 Å². The molecule has 0 saturated heterocycles. The lowest BCUT2D eigenvalue weighted by Crippen LogP contribution is -2.55. The van der Waals surface area contributed by atoms with Crippen LogP contribution in [0, 0.1) is 23.7 Å². The van der Waals surface area contributed by atoms with Crippen molar-refractivity contribution in [3.05, 3.63) is 41.6 Å². The van der Waals surface area contributed by atoms with Crippen molar-refractivity contribution in [2.75, 3.05) is 0 Å². The maximum Gasteiger partial charge on any atom is 0.408 e. The van der Waals surface area contributed by atoms with Gasteiger partial charge in [0.05, 0.1) is 5.52 Å². The summed E-state index contributed by atoms with van der Waals surface area (Å²) in [6.07, 6.45) is 7.55. The van der Waals surface area contributed by atoms with E-state index in [-0.39, 0.29) is 11.3 Å². The van der Waals surface area contributed by atoms with E-state index in [0.717, 1.165) is 28.7 Å².